The van der Waals surface area contributed by atoms with Crippen molar-refractivity contribution in [1.82, 2.24) is 40.3 Å². The molecule has 26 heavy (non-hydrogen) atoms. The van der Waals surface area contributed by atoms with Gasteiger partial charge in [0.25, 0.3) is 5.91 Å². The van der Waals surface area contributed by atoms with Gasteiger partial charge in [-0.1, -0.05) is 0 Å². The summed E-state index contributed by atoms with van der Waals surface area (Å²) in [5.41, 5.74) is 0.935. The van der Waals surface area contributed by atoms with Gasteiger partial charge in [-0.3, -0.25) is 19.6 Å². The zero-order valence-corrected chi connectivity index (χ0v) is 15.0. The highest BCUT2D eigenvalue weighted by molar-refractivity contribution is 5.90. The van der Waals surface area contributed by atoms with E-state index < -0.39 is 0 Å². The lowest BCUT2D eigenvalue weighted by Crippen LogP contribution is -2.45. The second-order valence-electron chi connectivity index (χ2n) is 6.27. The molecule has 2 aromatic heterocycles. The molecule has 0 spiro atoms. The van der Waals surface area contributed by atoms with E-state index in [0.29, 0.717) is 32.6 Å². The number of carbonyl (C=O) groups excluding carboxylic acids is 2. The minimum Gasteiger partial charge on any atom is -0.347 e. The number of aromatic nitrogens is 5. The van der Waals surface area contributed by atoms with Crippen LogP contribution in [0.4, 0.5) is 0 Å². The van der Waals surface area contributed by atoms with Crippen molar-refractivity contribution in [2.24, 2.45) is 0 Å². The van der Waals surface area contributed by atoms with Crippen molar-refractivity contribution in [3.05, 3.63) is 30.4 Å². The SMILES string of the molecule is CCN(CC)C(=O)[C@@H]1C[C@@H](NC(=O)c2ncn[nH]2)CN1Cc1cnc[nH]1. The van der Waals surface area contributed by atoms with E-state index in [1.807, 2.05) is 18.7 Å². The van der Waals surface area contributed by atoms with Crippen LogP contribution in [0.5, 0.6) is 0 Å². The van der Waals surface area contributed by atoms with Crippen molar-refractivity contribution in [1.29, 1.82) is 0 Å². The maximum atomic E-state index is 12.9. The highest BCUT2D eigenvalue weighted by Gasteiger charge is 2.39. The molecule has 1 fully saturated rings. The van der Waals surface area contributed by atoms with Gasteiger partial charge >= 0.3 is 0 Å². The molecule has 1 aliphatic heterocycles. The first-order valence-corrected chi connectivity index (χ1v) is 8.78. The third-order valence-electron chi connectivity index (χ3n) is 4.66. The summed E-state index contributed by atoms with van der Waals surface area (Å²) in [6.07, 6.45) is 5.22. The number of imidazole rings is 1. The quantitative estimate of drug-likeness (QED) is 0.627. The minimum atomic E-state index is -0.315. The summed E-state index contributed by atoms with van der Waals surface area (Å²) >= 11 is 0. The third kappa shape index (κ3) is 3.90. The van der Waals surface area contributed by atoms with Crippen molar-refractivity contribution in [3.8, 4) is 0 Å². The van der Waals surface area contributed by atoms with Gasteiger partial charge in [-0.05, 0) is 20.3 Å². The molecule has 3 N–H and O–H groups in total. The highest BCUT2D eigenvalue weighted by atomic mass is 16.2. The number of hydrogen-bond donors (Lipinski definition) is 3. The summed E-state index contributed by atoms with van der Waals surface area (Å²) in [7, 11) is 0. The molecule has 0 aromatic carbocycles. The Morgan fingerprint density at radius 1 is 1.38 bits per heavy atom. The Kier molecular flexibility index (Phi) is 5.61. The van der Waals surface area contributed by atoms with Crippen molar-refractivity contribution < 1.29 is 9.59 Å². The first-order valence-electron chi connectivity index (χ1n) is 8.78. The Morgan fingerprint density at radius 2 is 2.19 bits per heavy atom. The minimum absolute atomic E-state index is 0.0888. The lowest BCUT2D eigenvalue weighted by molar-refractivity contribution is -0.135. The van der Waals surface area contributed by atoms with Crippen molar-refractivity contribution in [2.45, 2.75) is 38.9 Å². The number of nitrogens with one attached hydrogen (secondary N) is 3. The molecule has 0 aliphatic carbocycles. The van der Waals surface area contributed by atoms with Crippen LogP contribution in [0.3, 0.4) is 0 Å². The van der Waals surface area contributed by atoms with Gasteiger partial charge in [0.2, 0.25) is 11.7 Å². The summed E-state index contributed by atoms with van der Waals surface area (Å²) in [5, 5.41) is 9.19. The summed E-state index contributed by atoms with van der Waals surface area (Å²) in [6, 6.07) is -0.418. The van der Waals surface area contributed by atoms with E-state index >= 15 is 0 Å². The molecular formula is C16H24N8O2. The molecule has 0 saturated carbocycles. The fourth-order valence-corrected chi connectivity index (χ4v) is 3.34. The van der Waals surface area contributed by atoms with Gasteiger partial charge in [-0.2, -0.15) is 5.10 Å². The Balaban J connectivity index is 1.71. The van der Waals surface area contributed by atoms with Crippen LogP contribution in [0.15, 0.2) is 18.9 Å². The van der Waals surface area contributed by atoms with Crippen LogP contribution < -0.4 is 5.32 Å². The van der Waals surface area contributed by atoms with Crippen LogP contribution in [0, 0.1) is 0 Å². The molecule has 3 heterocycles. The number of H-pyrrole nitrogens is 2. The fraction of sp³-hybridized carbons (Fsp3) is 0.562. The summed E-state index contributed by atoms with van der Waals surface area (Å²) in [4.78, 5) is 40.0. The van der Waals surface area contributed by atoms with Crippen LogP contribution in [-0.4, -0.2) is 78.5 Å². The third-order valence-corrected chi connectivity index (χ3v) is 4.66. The predicted octanol–water partition coefficient (Wildman–Crippen LogP) is -0.231. The van der Waals surface area contributed by atoms with Crippen LogP contribution in [-0.2, 0) is 11.3 Å². The maximum absolute atomic E-state index is 12.9. The molecule has 1 aliphatic rings. The molecular weight excluding hydrogens is 336 g/mol. The van der Waals surface area contributed by atoms with E-state index in [9.17, 15) is 9.59 Å². The first-order chi connectivity index (χ1) is 12.6. The molecule has 3 rings (SSSR count). The normalized spacial score (nSPS) is 20.2. The zero-order valence-electron chi connectivity index (χ0n) is 15.0. The molecule has 1 saturated heterocycles. The number of rotatable bonds is 7. The standard InChI is InChI=1S/C16H24N8O2/c1-3-23(4-2)16(26)13-5-11(21-15(25)14-19-10-20-22-14)7-24(13)8-12-6-17-9-18-12/h6,9-11,13H,3-5,7-8H2,1-2H3,(H,17,18)(H,21,25)(H,19,20,22)/t11-,13+/m1/s1. The molecule has 10 nitrogen and oxygen atoms in total. The topological polar surface area (TPSA) is 123 Å². The Hall–Kier alpha value is -2.75. The Labute approximate surface area is 151 Å². The maximum Gasteiger partial charge on any atom is 0.288 e. The van der Waals surface area contributed by atoms with Crippen LogP contribution in [0.2, 0.25) is 0 Å². The van der Waals surface area contributed by atoms with Gasteiger partial charge in [-0.25, -0.2) is 9.97 Å². The molecule has 0 radical (unpaired) electrons. The van der Waals surface area contributed by atoms with Gasteiger partial charge < -0.3 is 15.2 Å². The summed E-state index contributed by atoms with van der Waals surface area (Å²) in [5.74, 6) is -0.0560. The second kappa shape index (κ2) is 8.09. The van der Waals surface area contributed by atoms with Crippen LogP contribution in [0.25, 0.3) is 0 Å². The fourth-order valence-electron chi connectivity index (χ4n) is 3.34. The van der Waals surface area contributed by atoms with E-state index in [4.69, 9.17) is 0 Å². The first kappa shape index (κ1) is 18.1. The van der Waals surface area contributed by atoms with Crippen molar-refractivity contribution in [3.63, 3.8) is 0 Å². The van der Waals surface area contributed by atoms with Crippen molar-refractivity contribution in [2.75, 3.05) is 19.6 Å². The van der Waals surface area contributed by atoms with E-state index in [0.717, 1.165) is 5.69 Å². The average molecular weight is 360 g/mol. The number of aromatic amines is 2. The van der Waals surface area contributed by atoms with Crippen LogP contribution in [0.1, 0.15) is 36.6 Å². The monoisotopic (exact) mass is 360 g/mol. The smallest absolute Gasteiger partial charge is 0.288 e. The van der Waals surface area contributed by atoms with Crippen LogP contribution >= 0.6 is 0 Å². The number of likely N-dealkylation sites (N-methyl/N-ethyl adjacent to an activating group) is 1. The molecule has 140 valence electrons. The molecule has 2 atom stereocenters. The lowest BCUT2D eigenvalue weighted by atomic mass is 10.1. The van der Waals surface area contributed by atoms with E-state index in [-0.39, 0.29) is 29.7 Å². The lowest BCUT2D eigenvalue weighted by Gasteiger charge is -2.28. The van der Waals surface area contributed by atoms with Gasteiger partial charge in [0, 0.05) is 44.1 Å². The van der Waals surface area contributed by atoms with Gasteiger partial charge in [-0.15, -0.1) is 0 Å². The molecule has 10 heteroatoms. The second-order valence-corrected chi connectivity index (χ2v) is 6.27. The average Bonchev–Trinajstić information content (AvgIpc) is 3.38. The van der Waals surface area contributed by atoms with E-state index in [2.05, 4.69) is 35.4 Å². The molecule has 2 amide bonds. The Morgan fingerprint density at radius 3 is 2.81 bits per heavy atom. The largest absolute Gasteiger partial charge is 0.347 e. The molecule has 2 aromatic rings. The van der Waals surface area contributed by atoms with E-state index in [1.54, 1.807) is 12.5 Å². The number of hydrogen-bond acceptors (Lipinski definition) is 6. The predicted molar refractivity (Wildman–Crippen MR) is 93.0 cm³/mol. The molecule has 0 bridgehead atoms. The van der Waals surface area contributed by atoms with E-state index in [1.165, 1.54) is 6.33 Å². The van der Waals surface area contributed by atoms with Gasteiger partial charge in [0.1, 0.15) is 6.33 Å². The van der Waals surface area contributed by atoms with Gasteiger partial charge in [0.15, 0.2) is 0 Å². The number of likely N-dealkylation sites (tertiary alicyclic amines) is 1. The van der Waals surface area contributed by atoms with Crippen molar-refractivity contribution >= 4 is 11.8 Å². The van der Waals surface area contributed by atoms with Gasteiger partial charge in [0.05, 0.1) is 12.4 Å². The number of amides is 2. The number of carbonyl (C=O) groups is 2. The number of nitrogens with zero attached hydrogens (tertiary/aromatic N) is 5. The summed E-state index contributed by atoms with van der Waals surface area (Å²) in [6.45, 7) is 6.43. The zero-order chi connectivity index (χ0) is 18.5. The summed E-state index contributed by atoms with van der Waals surface area (Å²) < 4.78 is 0. The molecule has 0 unspecified atom stereocenters. The Bertz CT molecular complexity index is 711. The highest BCUT2D eigenvalue weighted by Crippen LogP contribution is 2.22.